The summed E-state index contributed by atoms with van der Waals surface area (Å²) in [6, 6.07) is 8.81. The number of benzene rings is 1. The molecule has 1 aromatic rings. The SMILES string of the molecule is CC(C)C1CCN(CCC2CNc3ccccc32)CC1. The molecule has 0 aromatic heterocycles. The van der Waals surface area contributed by atoms with Gasteiger partial charge in [0.15, 0.2) is 0 Å². The van der Waals surface area contributed by atoms with Gasteiger partial charge in [-0.25, -0.2) is 0 Å². The molecule has 2 heteroatoms. The monoisotopic (exact) mass is 272 g/mol. The van der Waals surface area contributed by atoms with Gasteiger partial charge < -0.3 is 10.2 Å². The molecule has 3 rings (SSSR count). The summed E-state index contributed by atoms with van der Waals surface area (Å²) >= 11 is 0. The quantitative estimate of drug-likeness (QED) is 0.892. The number of hydrogen-bond acceptors (Lipinski definition) is 2. The number of para-hydroxylation sites is 1. The van der Waals surface area contributed by atoms with Gasteiger partial charge in [0, 0.05) is 18.2 Å². The zero-order valence-electron chi connectivity index (χ0n) is 12.9. The van der Waals surface area contributed by atoms with Crippen molar-refractivity contribution < 1.29 is 0 Å². The number of piperidine rings is 1. The Labute approximate surface area is 123 Å². The summed E-state index contributed by atoms with van der Waals surface area (Å²) in [6.07, 6.45) is 4.10. The highest BCUT2D eigenvalue weighted by Crippen LogP contribution is 2.33. The Bertz CT molecular complexity index is 433. The molecule has 2 nitrogen and oxygen atoms in total. The molecule has 110 valence electrons. The van der Waals surface area contributed by atoms with Crippen LogP contribution >= 0.6 is 0 Å². The summed E-state index contributed by atoms with van der Waals surface area (Å²) in [5.41, 5.74) is 2.89. The lowest BCUT2D eigenvalue weighted by Gasteiger charge is -2.34. The van der Waals surface area contributed by atoms with Gasteiger partial charge >= 0.3 is 0 Å². The van der Waals surface area contributed by atoms with Crippen molar-refractivity contribution >= 4 is 5.69 Å². The molecule has 2 heterocycles. The molecule has 1 aromatic carbocycles. The topological polar surface area (TPSA) is 15.3 Å². The molecule has 20 heavy (non-hydrogen) atoms. The predicted molar refractivity (Wildman–Crippen MR) is 86.3 cm³/mol. The zero-order chi connectivity index (χ0) is 13.9. The van der Waals surface area contributed by atoms with Gasteiger partial charge in [0.1, 0.15) is 0 Å². The van der Waals surface area contributed by atoms with Crippen LogP contribution in [-0.4, -0.2) is 31.1 Å². The van der Waals surface area contributed by atoms with Gasteiger partial charge in [0.2, 0.25) is 0 Å². The summed E-state index contributed by atoms with van der Waals surface area (Å²) in [6.45, 7) is 9.77. The van der Waals surface area contributed by atoms with Gasteiger partial charge in [-0.15, -0.1) is 0 Å². The molecular weight excluding hydrogens is 244 g/mol. The van der Waals surface area contributed by atoms with Gasteiger partial charge in [0.25, 0.3) is 0 Å². The van der Waals surface area contributed by atoms with E-state index in [1.54, 1.807) is 0 Å². The van der Waals surface area contributed by atoms with Crippen molar-refractivity contribution in [3.05, 3.63) is 29.8 Å². The molecule has 0 bridgehead atoms. The molecule has 0 amide bonds. The largest absolute Gasteiger partial charge is 0.384 e. The number of rotatable bonds is 4. The first-order valence-corrected chi connectivity index (χ1v) is 8.29. The van der Waals surface area contributed by atoms with Gasteiger partial charge in [-0.05, 0) is 62.4 Å². The molecule has 1 fully saturated rings. The van der Waals surface area contributed by atoms with Crippen LogP contribution in [0.5, 0.6) is 0 Å². The van der Waals surface area contributed by atoms with Crippen LogP contribution < -0.4 is 5.32 Å². The third kappa shape index (κ3) is 3.01. The molecule has 1 atom stereocenters. The predicted octanol–water partition coefficient (Wildman–Crippen LogP) is 3.95. The zero-order valence-corrected chi connectivity index (χ0v) is 12.9. The highest BCUT2D eigenvalue weighted by Gasteiger charge is 2.24. The summed E-state index contributed by atoms with van der Waals surface area (Å²) in [5, 5.41) is 3.54. The van der Waals surface area contributed by atoms with Crippen molar-refractivity contribution in [2.45, 2.75) is 39.0 Å². The van der Waals surface area contributed by atoms with E-state index < -0.39 is 0 Å². The second kappa shape index (κ2) is 6.17. The van der Waals surface area contributed by atoms with Crippen molar-refractivity contribution in [1.82, 2.24) is 4.90 Å². The maximum Gasteiger partial charge on any atom is 0.0376 e. The van der Waals surface area contributed by atoms with Crippen LogP contribution in [-0.2, 0) is 0 Å². The minimum absolute atomic E-state index is 0.717. The number of hydrogen-bond donors (Lipinski definition) is 1. The third-order valence-electron chi connectivity index (χ3n) is 5.31. The summed E-state index contributed by atoms with van der Waals surface area (Å²) in [5.74, 6) is 2.54. The molecule has 1 unspecified atom stereocenters. The number of anilines is 1. The van der Waals surface area contributed by atoms with Crippen molar-refractivity contribution in [3.63, 3.8) is 0 Å². The van der Waals surface area contributed by atoms with Gasteiger partial charge in [-0.2, -0.15) is 0 Å². The van der Waals surface area contributed by atoms with E-state index in [2.05, 4.69) is 48.3 Å². The van der Waals surface area contributed by atoms with E-state index in [1.165, 1.54) is 50.1 Å². The van der Waals surface area contributed by atoms with E-state index in [0.717, 1.165) is 18.4 Å². The molecule has 0 spiro atoms. The van der Waals surface area contributed by atoms with Crippen molar-refractivity contribution in [1.29, 1.82) is 0 Å². The molecule has 2 aliphatic rings. The Morgan fingerprint density at radius 3 is 2.70 bits per heavy atom. The van der Waals surface area contributed by atoms with Crippen molar-refractivity contribution in [2.24, 2.45) is 11.8 Å². The molecular formula is C18H28N2. The fourth-order valence-corrected chi connectivity index (χ4v) is 3.80. The van der Waals surface area contributed by atoms with E-state index in [4.69, 9.17) is 0 Å². The van der Waals surface area contributed by atoms with E-state index in [0.29, 0.717) is 5.92 Å². The standard InChI is InChI=1S/C18H28N2/c1-14(2)15-7-10-20(11-8-15)12-9-16-13-19-18-6-4-3-5-17(16)18/h3-6,14-16,19H,7-13H2,1-2H3. The van der Waals surface area contributed by atoms with Gasteiger partial charge in [-0.1, -0.05) is 32.0 Å². The van der Waals surface area contributed by atoms with Gasteiger partial charge in [0.05, 0.1) is 0 Å². The van der Waals surface area contributed by atoms with E-state index in [-0.39, 0.29) is 0 Å². The minimum Gasteiger partial charge on any atom is -0.384 e. The highest BCUT2D eigenvalue weighted by atomic mass is 15.1. The number of nitrogens with zero attached hydrogens (tertiary/aromatic N) is 1. The molecule has 0 radical (unpaired) electrons. The first kappa shape index (κ1) is 13.9. The second-order valence-electron chi connectivity index (χ2n) is 6.88. The lowest BCUT2D eigenvalue weighted by Crippen LogP contribution is -2.36. The average Bonchev–Trinajstić information content (AvgIpc) is 2.89. The van der Waals surface area contributed by atoms with Crippen LogP contribution in [0.3, 0.4) is 0 Å². The Morgan fingerprint density at radius 1 is 1.20 bits per heavy atom. The molecule has 1 N–H and O–H groups in total. The van der Waals surface area contributed by atoms with Crippen LogP contribution in [0, 0.1) is 11.8 Å². The van der Waals surface area contributed by atoms with Crippen LogP contribution in [0.1, 0.15) is 44.6 Å². The van der Waals surface area contributed by atoms with Crippen molar-refractivity contribution in [2.75, 3.05) is 31.5 Å². The Balaban J connectivity index is 1.47. The Morgan fingerprint density at radius 2 is 1.95 bits per heavy atom. The van der Waals surface area contributed by atoms with Gasteiger partial charge in [-0.3, -0.25) is 0 Å². The molecule has 0 saturated carbocycles. The lowest BCUT2D eigenvalue weighted by molar-refractivity contribution is 0.154. The Kier molecular flexibility index (Phi) is 4.30. The number of nitrogens with one attached hydrogen (secondary N) is 1. The van der Waals surface area contributed by atoms with E-state index in [9.17, 15) is 0 Å². The molecule has 1 saturated heterocycles. The van der Waals surface area contributed by atoms with E-state index >= 15 is 0 Å². The lowest BCUT2D eigenvalue weighted by atomic mass is 9.86. The Hall–Kier alpha value is -1.02. The second-order valence-corrected chi connectivity index (χ2v) is 6.88. The smallest absolute Gasteiger partial charge is 0.0376 e. The third-order valence-corrected chi connectivity index (χ3v) is 5.31. The maximum atomic E-state index is 3.54. The first-order valence-electron chi connectivity index (χ1n) is 8.29. The normalized spacial score (nSPS) is 23.9. The minimum atomic E-state index is 0.717. The van der Waals surface area contributed by atoms with Crippen LogP contribution in [0.15, 0.2) is 24.3 Å². The summed E-state index contributed by atoms with van der Waals surface area (Å²) in [7, 11) is 0. The molecule has 0 aliphatic carbocycles. The fourth-order valence-electron chi connectivity index (χ4n) is 3.80. The number of fused-ring (bicyclic) bond motifs is 1. The molecule has 2 aliphatic heterocycles. The summed E-state index contributed by atoms with van der Waals surface area (Å²) < 4.78 is 0. The van der Waals surface area contributed by atoms with Crippen molar-refractivity contribution in [3.8, 4) is 0 Å². The van der Waals surface area contributed by atoms with E-state index in [1.807, 2.05) is 0 Å². The summed E-state index contributed by atoms with van der Waals surface area (Å²) in [4.78, 5) is 2.68. The van der Waals surface area contributed by atoms with Crippen LogP contribution in [0.2, 0.25) is 0 Å². The first-order chi connectivity index (χ1) is 9.74. The fraction of sp³-hybridized carbons (Fsp3) is 0.667. The highest BCUT2D eigenvalue weighted by molar-refractivity contribution is 5.57. The van der Waals surface area contributed by atoms with Crippen LogP contribution in [0.25, 0.3) is 0 Å². The van der Waals surface area contributed by atoms with Crippen LogP contribution in [0.4, 0.5) is 5.69 Å². The maximum absolute atomic E-state index is 3.54. The number of likely N-dealkylation sites (tertiary alicyclic amines) is 1. The average molecular weight is 272 g/mol.